The maximum absolute atomic E-state index is 5.62. The lowest BCUT2D eigenvalue weighted by Gasteiger charge is -1.94. The van der Waals surface area contributed by atoms with Crippen molar-refractivity contribution in [2.75, 3.05) is 0 Å². The maximum atomic E-state index is 5.62. The summed E-state index contributed by atoms with van der Waals surface area (Å²) in [4.78, 5) is 1.03. The molecule has 0 atom stereocenters. The zero-order valence-corrected chi connectivity index (χ0v) is 8.96. The highest BCUT2D eigenvalue weighted by atomic mass is 35.5. The Morgan fingerprint density at radius 1 is 1.36 bits per heavy atom. The summed E-state index contributed by atoms with van der Waals surface area (Å²) in [7, 11) is 1.87. The maximum Gasteiger partial charge on any atom is 0.151 e. The fourth-order valence-corrected chi connectivity index (χ4v) is 1.80. The van der Waals surface area contributed by atoms with Crippen molar-refractivity contribution in [1.29, 1.82) is 0 Å². The smallest absolute Gasteiger partial charge is 0.151 e. The monoisotopic (exact) mass is 226 g/mol. The Hall–Kier alpha value is -1.07. The first kappa shape index (κ1) is 9.48. The van der Waals surface area contributed by atoms with E-state index >= 15 is 0 Å². The van der Waals surface area contributed by atoms with Gasteiger partial charge in [-0.1, -0.05) is 23.4 Å². The quantitative estimate of drug-likeness (QED) is 0.786. The third-order valence-corrected chi connectivity index (χ3v) is 2.59. The molecule has 0 fully saturated rings. The normalized spacial score (nSPS) is 10.4. The Morgan fingerprint density at radius 3 is 2.79 bits per heavy atom. The predicted molar refractivity (Wildman–Crippen MR) is 54.4 cm³/mol. The molecule has 0 aliphatic heterocycles. The minimum atomic E-state index is 0.403. The van der Waals surface area contributed by atoms with Gasteiger partial charge in [0.25, 0.3) is 0 Å². The van der Waals surface area contributed by atoms with E-state index in [1.165, 1.54) is 11.8 Å². The van der Waals surface area contributed by atoms with E-state index in [0.717, 1.165) is 9.92 Å². The first-order valence-corrected chi connectivity index (χ1v) is 5.09. The van der Waals surface area contributed by atoms with E-state index in [2.05, 4.69) is 15.3 Å². The van der Waals surface area contributed by atoms with E-state index in [0.29, 0.717) is 5.15 Å². The molecule has 0 saturated carbocycles. The number of nitrogens with zero attached hydrogens (tertiary/aromatic N) is 4. The van der Waals surface area contributed by atoms with Crippen LogP contribution in [0.1, 0.15) is 0 Å². The molecular formula is C8H7ClN4S. The minimum Gasteiger partial charge on any atom is -0.275 e. The van der Waals surface area contributed by atoms with Crippen LogP contribution in [0.25, 0.3) is 0 Å². The first-order valence-electron chi connectivity index (χ1n) is 3.90. The van der Waals surface area contributed by atoms with Gasteiger partial charge < -0.3 is 0 Å². The first-order chi connectivity index (χ1) is 6.74. The standard InChI is InChI=1S/C8H7ClN4S/c1-13-5-6(4-10-13)14-8-3-2-7(9)11-12-8/h2-5H,1H3. The highest BCUT2D eigenvalue weighted by Gasteiger charge is 2.01. The van der Waals surface area contributed by atoms with Gasteiger partial charge in [-0.05, 0) is 12.1 Å². The van der Waals surface area contributed by atoms with Crippen LogP contribution < -0.4 is 0 Å². The van der Waals surface area contributed by atoms with Crippen LogP contribution >= 0.6 is 23.4 Å². The van der Waals surface area contributed by atoms with Gasteiger partial charge in [-0.25, -0.2) is 0 Å². The summed E-state index contributed by atoms with van der Waals surface area (Å²) >= 11 is 7.12. The molecule has 0 aliphatic rings. The number of hydrogen-bond acceptors (Lipinski definition) is 4. The van der Waals surface area contributed by atoms with Crippen molar-refractivity contribution >= 4 is 23.4 Å². The van der Waals surface area contributed by atoms with Crippen molar-refractivity contribution in [3.05, 3.63) is 29.7 Å². The molecule has 14 heavy (non-hydrogen) atoms. The van der Waals surface area contributed by atoms with Gasteiger partial charge >= 0.3 is 0 Å². The summed E-state index contributed by atoms with van der Waals surface area (Å²) in [6.07, 6.45) is 3.70. The summed E-state index contributed by atoms with van der Waals surface area (Å²) in [5, 5.41) is 12.9. The van der Waals surface area contributed by atoms with Crippen LogP contribution in [0.2, 0.25) is 5.15 Å². The van der Waals surface area contributed by atoms with Crippen molar-refractivity contribution in [3.8, 4) is 0 Å². The van der Waals surface area contributed by atoms with Gasteiger partial charge in [0.05, 0.1) is 11.1 Å². The third kappa shape index (κ3) is 2.24. The fraction of sp³-hybridized carbons (Fsp3) is 0.125. The number of halogens is 1. The van der Waals surface area contributed by atoms with E-state index in [4.69, 9.17) is 11.6 Å². The van der Waals surface area contributed by atoms with Gasteiger partial charge in [0, 0.05) is 13.2 Å². The molecule has 2 aromatic heterocycles. The van der Waals surface area contributed by atoms with Crippen molar-refractivity contribution in [3.63, 3.8) is 0 Å². The lowest BCUT2D eigenvalue weighted by atomic mass is 10.6. The lowest BCUT2D eigenvalue weighted by molar-refractivity contribution is 0.766. The molecular weight excluding hydrogens is 220 g/mol. The van der Waals surface area contributed by atoms with E-state index < -0.39 is 0 Å². The molecule has 0 aromatic carbocycles. The molecule has 0 amide bonds. The fourth-order valence-electron chi connectivity index (χ4n) is 0.930. The van der Waals surface area contributed by atoms with Gasteiger partial charge in [-0.2, -0.15) is 5.10 Å². The van der Waals surface area contributed by atoms with E-state index in [9.17, 15) is 0 Å². The van der Waals surface area contributed by atoms with Gasteiger partial charge in [-0.3, -0.25) is 4.68 Å². The Kier molecular flexibility index (Phi) is 2.69. The summed E-state index contributed by atoms with van der Waals surface area (Å²) in [5.41, 5.74) is 0. The van der Waals surface area contributed by atoms with Crippen molar-refractivity contribution in [2.24, 2.45) is 7.05 Å². The SMILES string of the molecule is Cn1cc(Sc2ccc(Cl)nn2)cn1. The van der Waals surface area contributed by atoms with Crippen molar-refractivity contribution < 1.29 is 0 Å². The Labute approximate surface area is 90.3 Å². The number of aromatic nitrogens is 4. The molecule has 0 spiro atoms. The molecule has 4 nitrogen and oxygen atoms in total. The molecule has 0 N–H and O–H groups in total. The largest absolute Gasteiger partial charge is 0.275 e. The highest BCUT2D eigenvalue weighted by Crippen LogP contribution is 2.24. The summed E-state index contributed by atoms with van der Waals surface area (Å²) in [5.74, 6) is 0. The van der Waals surface area contributed by atoms with Gasteiger partial charge in [0.15, 0.2) is 5.15 Å². The molecule has 0 aliphatic carbocycles. The molecule has 2 aromatic rings. The lowest BCUT2D eigenvalue weighted by Crippen LogP contribution is -1.84. The number of rotatable bonds is 2. The summed E-state index contributed by atoms with van der Waals surface area (Å²) < 4.78 is 1.74. The van der Waals surface area contributed by atoms with E-state index in [1.54, 1.807) is 16.9 Å². The summed E-state index contributed by atoms with van der Waals surface area (Å²) in [6.45, 7) is 0. The van der Waals surface area contributed by atoms with Gasteiger partial charge in [-0.15, -0.1) is 10.2 Å². The Morgan fingerprint density at radius 2 is 2.21 bits per heavy atom. The second-order valence-corrected chi connectivity index (χ2v) is 4.13. The van der Waals surface area contributed by atoms with E-state index in [1.807, 2.05) is 19.3 Å². The van der Waals surface area contributed by atoms with Gasteiger partial charge in [0.1, 0.15) is 5.03 Å². The zero-order chi connectivity index (χ0) is 9.97. The predicted octanol–water partition coefficient (Wildman–Crippen LogP) is 2.01. The molecule has 0 unspecified atom stereocenters. The molecule has 2 heterocycles. The van der Waals surface area contributed by atoms with Crippen molar-refractivity contribution in [1.82, 2.24) is 20.0 Å². The van der Waals surface area contributed by atoms with Crippen LogP contribution in [0.5, 0.6) is 0 Å². The molecule has 0 radical (unpaired) electrons. The average Bonchev–Trinajstić information content (AvgIpc) is 2.56. The molecule has 2 rings (SSSR count). The summed E-state index contributed by atoms with van der Waals surface area (Å²) in [6, 6.07) is 3.54. The van der Waals surface area contributed by atoms with Gasteiger partial charge in [0.2, 0.25) is 0 Å². The van der Waals surface area contributed by atoms with Crippen LogP contribution in [0.15, 0.2) is 34.4 Å². The molecule has 0 bridgehead atoms. The van der Waals surface area contributed by atoms with Crippen LogP contribution in [0.4, 0.5) is 0 Å². The molecule has 0 saturated heterocycles. The van der Waals surface area contributed by atoms with Crippen LogP contribution in [0, 0.1) is 0 Å². The van der Waals surface area contributed by atoms with E-state index in [-0.39, 0.29) is 0 Å². The second-order valence-electron chi connectivity index (χ2n) is 2.65. The van der Waals surface area contributed by atoms with Crippen LogP contribution in [0.3, 0.4) is 0 Å². The molecule has 72 valence electrons. The second kappa shape index (κ2) is 3.98. The molecule has 6 heteroatoms. The van der Waals surface area contributed by atoms with Crippen LogP contribution in [-0.2, 0) is 7.05 Å². The van der Waals surface area contributed by atoms with Crippen LogP contribution in [-0.4, -0.2) is 20.0 Å². The topological polar surface area (TPSA) is 43.6 Å². The van der Waals surface area contributed by atoms with Crippen molar-refractivity contribution in [2.45, 2.75) is 9.92 Å². The number of aryl methyl sites for hydroxylation is 1. The minimum absolute atomic E-state index is 0.403. The Bertz CT molecular complexity index is 425. The zero-order valence-electron chi connectivity index (χ0n) is 7.38. The average molecular weight is 227 g/mol. The third-order valence-electron chi connectivity index (χ3n) is 1.51. The Balaban J connectivity index is 2.15. The number of hydrogen-bond donors (Lipinski definition) is 0. The highest BCUT2D eigenvalue weighted by molar-refractivity contribution is 7.99.